The lowest BCUT2D eigenvalue weighted by molar-refractivity contribution is -0.150. The molecular weight excluding hydrogens is 612 g/mol. The van der Waals surface area contributed by atoms with Crippen LogP contribution in [0, 0.1) is 0 Å². The summed E-state index contributed by atoms with van der Waals surface area (Å²) in [6.07, 6.45) is 42.5. The van der Waals surface area contributed by atoms with Gasteiger partial charge in [-0.05, 0) is 90.0 Å². The molecule has 0 radical (unpaired) electrons. The van der Waals surface area contributed by atoms with E-state index in [-0.39, 0.29) is 18.0 Å². The number of hydrogen-bond acceptors (Lipinski definition) is 5. The van der Waals surface area contributed by atoms with E-state index in [1.54, 1.807) is 0 Å². The van der Waals surface area contributed by atoms with Gasteiger partial charge in [-0.1, -0.05) is 134 Å². The lowest BCUT2D eigenvalue weighted by Crippen LogP contribution is -2.40. The Morgan fingerprint density at radius 2 is 1.08 bits per heavy atom. The summed E-state index contributed by atoms with van der Waals surface area (Å²) in [6, 6.07) is -0.873. The van der Waals surface area contributed by atoms with Gasteiger partial charge in [0, 0.05) is 12.8 Å². The molecular formula is C42H76N2O5. The van der Waals surface area contributed by atoms with E-state index in [2.05, 4.69) is 55.6 Å². The number of aliphatic carboxylic acids is 1. The number of allylic oxidation sites excluding steroid dienone is 6. The summed E-state index contributed by atoms with van der Waals surface area (Å²) in [4.78, 5) is 36.0. The minimum Gasteiger partial charge on any atom is -0.480 e. The molecule has 0 aliphatic heterocycles. The molecule has 0 aromatic carbocycles. The molecule has 2 atom stereocenters. The van der Waals surface area contributed by atoms with Gasteiger partial charge in [-0.15, -0.1) is 0 Å². The van der Waals surface area contributed by atoms with Gasteiger partial charge in [0.1, 0.15) is 12.1 Å². The molecule has 7 heteroatoms. The Hall–Kier alpha value is -2.41. The third-order valence-corrected chi connectivity index (χ3v) is 8.96. The molecule has 49 heavy (non-hydrogen) atoms. The number of nitrogens with two attached hydrogens (primary N) is 1. The van der Waals surface area contributed by atoms with Crippen molar-refractivity contribution in [3.05, 3.63) is 36.5 Å². The summed E-state index contributed by atoms with van der Waals surface area (Å²) in [5.74, 6) is -1.34. The molecule has 0 aliphatic carbocycles. The van der Waals surface area contributed by atoms with Crippen molar-refractivity contribution in [2.75, 3.05) is 6.54 Å². The van der Waals surface area contributed by atoms with Gasteiger partial charge in [-0.2, -0.15) is 0 Å². The van der Waals surface area contributed by atoms with Gasteiger partial charge >= 0.3 is 11.9 Å². The SMILES string of the molecule is CCCCCCC/C=C\C/C=C\C/C=C\CCCCCCCCCCC(=O)OC(CCCC)CCCCCC(=O)NC(CCCN)C(=O)O. The van der Waals surface area contributed by atoms with Crippen LogP contribution < -0.4 is 11.1 Å². The predicted octanol–water partition coefficient (Wildman–Crippen LogP) is 11.1. The van der Waals surface area contributed by atoms with E-state index in [0.29, 0.717) is 38.6 Å². The Kier molecular flexibility index (Phi) is 35.0. The van der Waals surface area contributed by atoms with Crippen LogP contribution in [0.25, 0.3) is 0 Å². The van der Waals surface area contributed by atoms with Crippen molar-refractivity contribution in [3.63, 3.8) is 0 Å². The molecule has 0 saturated heterocycles. The number of carbonyl (C=O) groups excluding carboxylic acids is 2. The third-order valence-electron chi connectivity index (χ3n) is 8.96. The number of nitrogens with one attached hydrogen (secondary N) is 1. The highest BCUT2D eigenvalue weighted by molar-refractivity contribution is 5.83. The predicted molar refractivity (Wildman–Crippen MR) is 207 cm³/mol. The van der Waals surface area contributed by atoms with Crippen molar-refractivity contribution in [1.29, 1.82) is 0 Å². The topological polar surface area (TPSA) is 119 Å². The molecule has 0 rings (SSSR count). The van der Waals surface area contributed by atoms with Crippen LogP contribution in [-0.4, -0.2) is 41.6 Å². The zero-order valence-corrected chi connectivity index (χ0v) is 31.8. The zero-order valence-electron chi connectivity index (χ0n) is 31.8. The first-order chi connectivity index (χ1) is 23.9. The largest absolute Gasteiger partial charge is 0.480 e. The summed E-state index contributed by atoms with van der Waals surface area (Å²) >= 11 is 0. The van der Waals surface area contributed by atoms with Crippen LogP contribution >= 0.6 is 0 Å². The van der Waals surface area contributed by atoms with Crippen molar-refractivity contribution >= 4 is 17.8 Å². The highest BCUT2D eigenvalue weighted by Crippen LogP contribution is 2.17. The fourth-order valence-electron chi connectivity index (χ4n) is 5.85. The summed E-state index contributed by atoms with van der Waals surface area (Å²) in [5, 5.41) is 11.9. The fraction of sp³-hybridized carbons (Fsp3) is 0.786. The number of carboxylic acids is 1. The van der Waals surface area contributed by atoms with Crippen LogP contribution in [-0.2, 0) is 19.1 Å². The number of ether oxygens (including phenoxy) is 1. The van der Waals surface area contributed by atoms with Crippen LogP contribution in [0.2, 0.25) is 0 Å². The molecule has 2 unspecified atom stereocenters. The van der Waals surface area contributed by atoms with Gasteiger partial charge in [0.15, 0.2) is 0 Å². The molecule has 0 fully saturated rings. The van der Waals surface area contributed by atoms with Gasteiger partial charge in [-0.25, -0.2) is 4.79 Å². The van der Waals surface area contributed by atoms with E-state index in [9.17, 15) is 19.5 Å². The Balaban J connectivity index is 3.81. The van der Waals surface area contributed by atoms with Crippen molar-refractivity contribution < 1.29 is 24.2 Å². The Labute approximate surface area is 301 Å². The van der Waals surface area contributed by atoms with E-state index in [1.165, 1.54) is 83.5 Å². The number of carbonyl (C=O) groups is 3. The molecule has 7 nitrogen and oxygen atoms in total. The highest BCUT2D eigenvalue weighted by atomic mass is 16.5. The first-order valence-corrected chi connectivity index (χ1v) is 20.3. The summed E-state index contributed by atoms with van der Waals surface area (Å²) in [5.41, 5.74) is 5.46. The van der Waals surface area contributed by atoms with Crippen molar-refractivity contribution in [1.82, 2.24) is 5.32 Å². The average Bonchev–Trinajstić information content (AvgIpc) is 3.08. The van der Waals surface area contributed by atoms with Crippen LogP contribution in [0.3, 0.4) is 0 Å². The van der Waals surface area contributed by atoms with Gasteiger partial charge in [0.05, 0.1) is 0 Å². The first-order valence-electron chi connectivity index (χ1n) is 20.3. The summed E-state index contributed by atoms with van der Waals surface area (Å²) in [7, 11) is 0. The number of rotatable bonds is 36. The van der Waals surface area contributed by atoms with Gasteiger partial charge in [-0.3, -0.25) is 9.59 Å². The second kappa shape index (κ2) is 36.9. The lowest BCUT2D eigenvalue weighted by Gasteiger charge is -2.18. The summed E-state index contributed by atoms with van der Waals surface area (Å²) in [6.45, 7) is 4.81. The van der Waals surface area contributed by atoms with Crippen LogP contribution in [0.1, 0.15) is 194 Å². The molecule has 0 aromatic heterocycles. The van der Waals surface area contributed by atoms with Crippen LogP contribution in [0.15, 0.2) is 36.5 Å². The average molecular weight is 689 g/mol. The second-order valence-corrected chi connectivity index (χ2v) is 13.7. The summed E-state index contributed by atoms with van der Waals surface area (Å²) < 4.78 is 5.84. The minimum absolute atomic E-state index is 0.0535. The Morgan fingerprint density at radius 3 is 1.65 bits per heavy atom. The fourth-order valence-corrected chi connectivity index (χ4v) is 5.85. The molecule has 1 amide bonds. The molecule has 0 spiro atoms. The monoisotopic (exact) mass is 689 g/mol. The number of unbranched alkanes of at least 4 members (excludes halogenated alkanes) is 16. The Bertz CT molecular complexity index is 869. The van der Waals surface area contributed by atoms with Crippen LogP contribution in [0.5, 0.6) is 0 Å². The Morgan fingerprint density at radius 1 is 0.592 bits per heavy atom. The van der Waals surface area contributed by atoms with Crippen molar-refractivity contribution in [3.8, 4) is 0 Å². The number of esters is 1. The maximum absolute atomic E-state index is 12.5. The normalized spacial score (nSPS) is 13.0. The van der Waals surface area contributed by atoms with Gasteiger partial charge in [0.25, 0.3) is 0 Å². The minimum atomic E-state index is -1.02. The molecule has 284 valence electrons. The second-order valence-electron chi connectivity index (χ2n) is 13.7. The molecule has 0 bridgehead atoms. The van der Waals surface area contributed by atoms with E-state index in [1.807, 2.05) is 0 Å². The van der Waals surface area contributed by atoms with Crippen molar-refractivity contribution in [2.24, 2.45) is 5.73 Å². The number of hydrogen-bond donors (Lipinski definition) is 3. The van der Waals surface area contributed by atoms with E-state index in [0.717, 1.165) is 64.2 Å². The quantitative estimate of drug-likeness (QED) is 0.0342. The van der Waals surface area contributed by atoms with Gasteiger partial charge in [0.2, 0.25) is 5.91 Å². The van der Waals surface area contributed by atoms with Gasteiger partial charge < -0.3 is 20.9 Å². The van der Waals surface area contributed by atoms with E-state index in [4.69, 9.17) is 10.5 Å². The molecule has 4 N–H and O–H groups in total. The van der Waals surface area contributed by atoms with Crippen LogP contribution in [0.4, 0.5) is 0 Å². The molecule has 0 aliphatic rings. The maximum Gasteiger partial charge on any atom is 0.326 e. The number of carboxylic acid groups (broad SMARTS) is 1. The first kappa shape index (κ1) is 46.6. The van der Waals surface area contributed by atoms with E-state index >= 15 is 0 Å². The van der Waals surface area contributed by atoms with E-state index < -0.39 is 12.0 Å². The molecule has 0 heterocycles. The highest BCUT2D eigenvalue weighted by Gasteiger charge is 2.19. The maximum atomic E-state index is 12.5. The lowest BCUT2D eigenvalue weighted by atomic mass is 10.0. The standard InChI is InChI=1S/C42H76N2O5/c1-3-5-7-8-9-10-11-12-13-14-15-16-17-18-19-20-21-22-23-24-25-26-30-36-41(46)49-38(32-6-4-2)33-28-27-29-35-40(45)44-39(42(47)48)34-31-37-43/h11-12,14-15,17-18,38-39H,3-10,13,16,19-37,43H2,1-2H3,(H,44,45)(H,47,48)/b12-11-,15-14-,18-17-. The smallest absolute Gasteiger partial charge is 0.326 e. The molecule has 0 aromatic rings. The molecule has 0 saturated carbocycles. The number of amides is 1. The zero-order chi connectivity index (χ0) is 36.0. The van der Waals surface area contributed by atoms with Crippen molar-refractivity contribution in [2.45, 2.75) is 206 Å². The third kappa shape index (κ3) is 33.8.